The van der Waals surface area contributed by atoms with Crippen LogP contribution in [0.15, 0.2) is 24.3 Å². The van der Waals surface area contributed by atoms with Crippen molar-refractivity contribution in [3.8, 4) is 11.1 Å². The minimum absolute atomic E-state index is 1.27. The van der Waals surface area contributed by atoms with E-state index in [-0.39, 0.29) is 0 Å². The number of rotatable bonds is 23. The molecule has 0 aliphatic rings. The van der Waals surface area contributed by atoms with E-state index in [0.29, 0.717) is 0 Å². The maximum absolute atomic E-state index is 2.79. The number of benzene rings is 2. The van der Waals surface area contributed by atoms with Crippen LogP contribution >= 0.6 is 0 Å². The van der Waals surface area contributed by atoms with Gasteiger partial charge in [0.2, 0.25) is 0 Å². The van der Waals surface area contributed by atoms with Gasteiger partial charge in [-0.25, -0.2) is 0 Å². The molecule has 0 fully saturated rings. The number of hydrogen-bond donors (Lipinski definition) is 0. The third-order valence-corrected chi connectivity index (χ3v) is 21.4. The second kappa shape index (κ2) is 21.1. The van der Waals surface area contributed by atoms with Gasteiger partial charge in [-0.2, -0.15) is 0 Å². The molecular formula is C42H74Sn2. The Morgan fingerprint density at radius 2 is 0.591 bits per heavy atom. The van der Waals surface area contributed by atoms with E-state index >= 15 is 0 Å². The minimum atomic E-state index is -2.44. The molecule has 0 heterocycles. The van der Waals surface area contributed by atoms with Gasteiger partial charge < -0.3 is 0 Å². The van der Waals surface area contributed by atoms with Gasteiger partial charge in [-0.3, -0.25) is 0 Å². The molecule has 0 N–H and O–H groups in total. The summed E-state index contributed by atoms with van der Waals surface area (Å²) < 4.78 is 3.60. The average Bonchev–Trinajstić information content (AvgIpc) is 2.97. The molecule has 2 rings (SSSR count). The number of unbranched alkanes of at least 4 members (excludes halogenated alkanes) is 12. The van der Waals surface area contributed by atoms with E-state index in [1.165, 1.54) is 128 Å². The van der Waals surface area contributed by atoms with Crippen molar-refractivity contribution in [2.75, 3.05) is 0 Å². The summed E-state index contributed by atoms with van der Waals surface area (Å²) in [6, 6.07) is 11.1. The Labute approximate surface area is 285 Å². The van der Waals surface area contributed by atoms with Gasteiger partial charge in [0, 0.05) is 0 Å². The molecule has 0 amide bonds. The number of aryl methyl sites for hydroxylation is 4. The van der Waals surface area contributed by atoms with Gasteiger partial charge >= 0.3 is 287 Å². The molecule has 0 bridgehead atoms. The van der Waals surface area contributed by atoms with E-state index in [1.54, 1.807) is 40.5 Å². The van der Waals surface area contributed by atoms with Crippen molar-refractivity contribution in [1.29, 1.82) is 0 Å². The van der Waals surface area contributed by atoms with Crippen LogP contribution < -0.4 is 7.16 Å². The standard InChI is InChI=1S/C36H56.6CH3.2Sn/c1-5-9-13-17-21-31-25-27-35(29-33(31)23-19-15-11-7-3)36-28-26-32(22-18-14-10-6-2)34(30-36)24-20-16-12-8-4;;;;;;;;/h25-26,29-30H,5-24H2,1-4H3;6*1H3;;. The van der Waals surface area contributed by atoms with Gasteiger partial charge in [-0.15, -0.1) is 0 Å². The maximum atomic E-state index is 2.79. The fraction of sp³-hybridized carbons (Fsp3) is 0.714. The van der Waals surface area contributed by atoms with Crippen LogP contribution in [0, 0.1) is 0 Å². The fourth-order valence-electron chi connectivity index (χ4n) is 6.97. The van der Waals surface area contributed by atoms with Crippen molar-refractivity contribution in [2.24, 2.45) is 0 Å². The summed E-state index contributed by atoms with van der Waals surface area (Å²) in [7, 11) is 0. The Kier molecular flexibility index (Phi) is 19.3. The molecule has 44 heavy (non-hydrogen) atoms. The Bertz CT molecular complexity index is 995. The number of hydrogen-bond acceptors (Lipinski definition) is 0. The first-order valence-corrected chi connectivity index (χ1v) is 39.3. The molecule has 250 valence electrons. The Morgan fingerprint density at radius 3 is 0.818 bits per heavy atom. The second-order valence-electron chi connectivity index (χ2n) is 16.1. The molecule has 0 saturated carbocycles. The summed E-state index contributed by atoms with van der Waals surface area (Å²) in [6.07, 6.45) is 26.8. The van der Waals surface area contributed by atoms with Gasteiger partial charge in [-0.05, 0) is 0 Å². The summed E-state index contributed by atoms with van der Waals surface area (Å²) in [5.74, 6) is 0. The van der Waals surface area contributed by atoms with Gasteiger partial charge in [0.25, 0.3) is 0 Å². The summed E-state index contributed by atoms with van der Waals surface area (Å²) >= 11 is -4.87. The van der Waals surface area contributed by atoms with Crippen molar-refractivity contribution < 1.29 is 0 Å². The molecule has 0 atom stereocenters. The molecule has 2 aromatic carbocycles. The van der Waals surface area contributed by atoms with E-state index in [0.717, 1.165) is 0 Å². The van der Waals surface area contributed by atoms with Gasteiger partial charge in [-0.1, -0.05) is 0 Å². The van der Waals surface area contributed by atoms with Crippen LogP contribution in [0.2, 0.25) is 29.6 Å². The fourth-order valence-corrected chi connectivity index (χ4v) is 16.2. The van der Waals surface area contributed by atoms with Crippen molar-refractivity contribution in [2.45, 2.75) is 186 Å². The van der Waals surface area contributed by atoms with E-state index < -0.39 is 36.8 Å². The molecule has 0 aliphatic carbocycles. The predicted octanol–water partition coefficient (Wildman–Crippen LogP) is 12.9. The van der Waals surface area contributed by atoms with Crippen LogP contribution in [0.3, 0.4) is 0 Å². The van der Waals surface area contributed by atoms with Crippen LogP contribution in [-0.2, 0) is 25.7 Å². The summed E-state index contributed by atoms with van der Waals surface area (Å²) in [4.78, 5) is 16.0. The molecule has 0 aliphatic heterocycles. The van der Waals surface area contributed by atoms with Gasteiger partial charge in [0.05, 0.1) is 0 Å². The van der Waals surface area contributed by atoms with E-state index in [4.69, 9.17) is 0 Å². The van der Waals surface area contributed by atoms with Crippen LogP contribution in [0.5, 0.6) is 0 Å². The van der Waals surface area contributed by atoms with Crippen molar-refractivity contribution in [1.82, 2.24) is 0 Å². The van der Waals surface area contributed by atoms with Gasteiger partial charge in [0.15, 0.2) is 0 Å². The van der Waals surface area contributed by atoms with Crippen LogP contribution in [0.4, 0.5) is 0 Å². The summed E-state index contributed by atoms with van der Waals surface area (Å²) in [5.41, 5.74) is 10.1. The van der Waals surface area contributed by atoms with E-state index in [9.17, 15) is 0 Å². The zero-order chi connectivity index (χ0) is 32.6. The van der Waals surface area contributed by atoms with E-state index in [2.05, 4.69) is 81.6 Å². The summed E-state index contributed by atoms with van der Waals surface area (Å²) in [6.45, 7) is 9.37. The Morgan fingerprint density at radius 1 is 0.341 bits per heavy atom. The first-order valence-electron chi connectivity index (χ1n) is 19.3. The normalized spacial score (nSPS) is 12.3. The first kappa shape index (κ1) is 40.2. The van der Waals surface area contributed by atoms with Crippen LogP contribution in [-0.4, -0.2) is 36.8 Å². The quantitative estimate of drug-likeness (QED) is 0.0774. The third kappa shape index (κ3) is 13.6. The van der Waals surface area contributed by atoms with Crippen LogP contribution in [0.25, 0.3) is 11.1 Å². The Hall–Kier alpha value is 0.0374. The molecule has 0 nitrogen and oxygen atoms in total. The molecule has 0 radical (unpaired) electrons. The average molecular weight is 816 g/mol. The van der Waals surface area contributed by atoms with Crippen molar-refractivity contribution in [3.63, 3.8) is 0 Å². The van der Waals surface area contributed by atoms with Crippen LogP contribution in [0.1, 0.15) is 153 Å². The molecule has 0 aromatic heterocycles. The zero-order valence-electron chi connectivity index (χ0n) is 31.5. The van der Waals surface area contributed by atoms with Gasteiger partial charge in [0.1, 0.15) is 0 Å². The molecule has 0 unspecified atom stereocenters. The molecule has 0 saturated heterocycles. The SMILES string of the molecule is CCCCCCc1cc(-c2cc(CCCCCC)c(CCCCCC)c[c]2[Sn]([CH3])([CH3])[CH3])[c]([Sn]([CH3])([CH3])[CH3])cc1CCCCCC. The molecule has 0 spiro atoms. The topological polar surface area (TPSA) is 0 Å². The molecule has 2 aromatic rings. The predicted molar refractivity (Wildman–Crippen MR) is 209 cm³/mol. The Balaban J connectivity index is 2.76. The third-order valence-electron chi connectivity index (χ3n) is 9.78. The molecule has 2 heteroatoms. The zero-order valence-corrected chi connectivity index (χ0v) is 37.2. The summed E-state index contributed by atoms with van der Waals surface area (Å²) in [5, 5.41) is 0. The monoisotopic (exact) mass is 818 g/mol. The first-order chi connectivity index (χ1) is 21.0. The second-order valence-corrected chi connectivity index (χ2v) is 44.8. The van der Waals surface area contributed by atoms with E-state index in [1.807, 2.05) is 0 Å². The van der Waals surface area contributed by atoms with Crippen molar-refractivity contribution >= 4 is 43.9 Å². The molecular weight excluding hydrogens is 742 g/mol. The van der Waals surface area contributed by atoms with Crippen molar-refractivity contribution in [3.05, 3.63) is 46.5 Å².